The highest BCUT2D eigenvalue weighted by molar-refractivity contribution is 5.85. The van der Waals surface area contributed by atoms with E-state index in [4.69, 9.17) is 5.11 Å². The highest BCUT2D eigenvalue weighted by Gasteiger charge is 2.32. The van der Waals surface area contributed by atoms with Crippen LogP contribution in [0.2, 0.25) is 0 Å². The Morgan fingerprint density at radius 2 is 2.07 bits per heavy atom. The molecular formula is C10H21ClN2O. The van der Waals surface area contributed by atoms with Crippen molar-refractivity contribution in [1.82, 2.24) is 10.2 Å². The molecule has 0 aliphatic carbocycles. The third-order valence-electron chi connectivity index (χ3n) is 3.52. The molecule has 0 spiro atoms. The Bertz CT molecular complexity index is 174. The summed E-state index contributed by atoms with van der Waals surface area (Å²) < 4.78 is 0. The summed E-state index contributed by atoms with van der Waals surface area (Å²) in [7, 11) is 0. The van der Waals surface area contributed by atoms with Crippen molar-refractivity contribution in [2.75, 3.05) is 26.2 Å². The molecule has 0 aromatic carbocycles. The molecule has 4 heteroatoms. The number of piperidine rings is 1. The molecule has 2 aliphatic heterocycles. The van der Waals surface area contributed by atoms with Crippen molar-refractivity contribution in [1.29, 1.82) is 0 Å². The molecule has 2 heterocycles. The van der Waals surface area contributed by atoms with E-state index in [-0.39, 0.29) is 12.4 Å². The van der Waals surface area contributed by atoms with E-state index in [9.17, 15) is 0 Å². The highest BCUT2D eigenvalue weighted by atomic mass is 35.5. The minimum Gasteiger partial charge on any atom is -0.396 e. The molecule has 84 valence electrons. The summed E-state index contributed by atoms with van der Waals surface area (Å²) in [6.45, 7) is 6.06. The molecule has 0 aromatic rings. The van der Waals surface area contributed by atoms with Gasteiger partial charge in [-0.25, -0.2) is 0 Å². The fourth-order valence-corrected chi connectivity index (χ4v) is 2.38. The maximum Gasteiger partial charge on any atom is 0.0471 e. The zero-order valence-electron chi connectivity index (χ0n) is 8.78. The number of nitrogens with zero attached hydrogens (tertiary/aromatic N) is 1. The number of hydrogen-bond acceptors (Lipinski definition) is 3. The first-order chi connectivity index (χ1) is 6.31. The van der Waals surface area contributed by atoms with Crippen molar-refractivity contribution < 1.29 is 5.11 Å². The Labute approximate surface area is 92.3 Å². The number of aliphatic hydroxyl groups excluding tert-OH is 1. The van der Waals surface area contributed by atoms with Crippen LogP contribution in [-0.4, -0.2) is 48.3 Å². The Balaban J connectivity index is 0.000000980. The van der Waals surface area contributed by atoms with Gasteiger partial charge in [0.05, 0.1) is 0 Å². The second-order valence-corrected chi connectivity index (χ2v) is 4.48. The van der Waals surface area contributed by atoms with Crippen molar-refractivity contribution in [2.45, 2.75) is 31.8 Å². The van der Waals surface area contributed by atoms with Crippen molar-refractivity contribution in [2.24, 2.45) is 5.92 Å². The third-order valence-corrected chi connectivity index (χ3v) is 3.52. The van der Waals surface area contributed by atoms with Crippen LogP contribution in [0.15, 0.2) is 0 Å². The van der Waals surface area contributed by atoms with Crippen LogP contribution in [0.3, 0.4) is 0 Å². The molecule has 2 atom stereocenters. The molecule has 0 aromatic heterocycles. The number of halogens is 1. The first-order valence-electron chi connectivity index (χ1n) is 5.38. The molecule has 0 saturated carbocycles. The fraction of sp³-hybridized carbons (Fsp3) is 1.00. The zero-order valence-corrected chi connectivity index (χ0v) is 9.59. The summed E-state index contributed by atoms with van der Waals surface area (Å²) in [6, 6.07) is 1.46. The number of nitrogens with one attached hydrogen (secondary N) is 1. The SMILES string of the molecule is CC1CCC(CO)CN1C1CNC1.Cl. The van der Waals surface area contributed by atoms with E-state index in [0.717, 1.165) is 31.7 Å². The average molecular weight is 221 g/mol. The van der Waals surface area contributed by atoms with Crippen LogP contribution in [0.1, 0.15) is 19.8 Å². The minimum atomic E-state index is 0. The quantitative estimate of drug-likeness (QED) is 0.711. The van der Waals surface area contributed by atoms with Gasteiger partial charge < -0.3 is 10.4 Å². The lowest BCUT2D eigenvalue weighted by Gasteiger charge is -2.46. The molecular weight excluding hydrogens is 200 g/mol. The standard InChI is InChI=1S/C10H20N2O.ClH/c1-8-2-3-9(7-13)6-12(8)10-4-11-5-10;/h8-11,13H,2-7H2,1H3;1H. The molecule has 2 N–H and O–H groups in total. The third kappa shape index (κ3) is 2.40. The van der Waals surface area contributed by atoms with Gasteiger partial charge in [0.2, 0.25) is 0 Å². The van der Waals surface area contributed by atoms with Crippen LogP contribution < -0.4 is 5.32 Å². The molecule has 2 rings (SSSR count). The van der Waals surface area contributed by atoms with Gasteiger partial charge in [-0.15, -0.1) is 12.4 Å². The van der Waals surface area contributed by atoms with Gasteiger partial charge in [0.15, 0.2) is 0 Å². The van der Waals surface area contributed by atoms with Crippen molar-refractivity contribution >= 4 is 12.4 Å². The highest BCUT2D eigenvalue weighted by Crippen LogP contribution is 2.24. The summed E-state index contributed by atoms with van der Waals surface area (Å²) in [5.41, 5.74) is 0. The Kier molecular flexibility index (Phi) is 4.64. The summed E-state index contributed by atoms with van der Waals surface area (Å²) in [5.74, 6) is 0.525. The van der Waals surface area contributed by atoms with Gasteiger partial charge in [0.1, 0.15) is 0 Å². The van der Waals surface area contributed by atoms with Gasteiger partial charge in [-0.1, -0.05) is 0 Å². The van der Waals surface area contributed by atoms with Crippen LogP contribution in [0.4, 0.5) is 0 Å². The van der Waals surface area contributed by atoms with E-state index >= 15 is 0 Å². The van der Waals surface area contributed by atoms with E-state index in [2.05, 4.69) is 17.1 Å². The number of hydrogen-bond donors (Lipinski definition) is 2. The van der Waals surface area contributed by atoms with Crippen molar-refractivity contribution in [3.63, 3.8) is 0 Å². The lowest BCUT2D eigenvalue weighted by molar-refractivity contribution is 0.0292. The Hall–Kier alpha value is 0.170. The lowest BCUT2D eigenvalue weighted by atomic mass is 9.91. The maximum absolute atomic E-state index is 9.13. The van der Waals surface area contributed by atoms with Crippen molar-refractivity contribution in [3.8, 4) is 0 Å². The average Bonchev–Trinajstić information content (AvgIpc) is 2.06. The Morgan fingerprint density at radius 3 is 2.57 bits per heavy atom. The van der Waals surface area contributed by atoms with Crippen LogP contribution in [-0.2, 0) is 0 Å². The van der Waals surface area contributed by atoms with E-state index in [1.165, 1.54) is 12.8 Å². The van der Waals surface area contributed by atoms with Gasteiger partial charge in [0.25, 0.3) is 0 Å². The monoisotopic (exact) mass is 220 g/mol. The largest absolute Gasteiger partial charge is 0.396 e. The first-order valence-corrected chi connectivity index (χ1v) is 5.38. The van der Waals surface area contributed by atoms with Crippen LogP contribution in [0, 0.1) is 5.92 Å². The predicted molar refractivity (Wildman–Crippen MR) is 59.9 cm³/mol. The molecule has 0 radical (unpaired) electrons. The van der Waals surface area contributed by atoms with E-state index in [0.29, 0.717) is 12.5 Å². The van der Waals surface area contributed by atoms with Crippen LogP contribution in [0.25, 0.3) is 0 Å². The zero-order chi connectivity index (χ0) is 9.26. The van der Waals surface area contributed by atoms with Gasteiger partial charge in [0, 0.05) is 38.3 Å². The second kappa shape index (κ2) is 5.31. The molecule has 0 amide bonds. The first kappa shape index (κ1) is 12.2. The number of aliphatic hydroxyl groups is 1. The minimum absolute atomic E-state index is 0. The summed E-state index contributed by atoms with van der Waals surface area (Å²) in [5, 5.41) is 12.4. The molecule has 0 bridgehead atoms. The number of rotatable bonds is 2. The molecule has 2 aliphatic rings. The number of likely N-dealkylation sites (tertiary alicyclic amines) is 1. The van der Waals surface area contributed by atoms with Gasteiger partial charge in [-0.3, -0.25) is 4.90 Å². The molecule has 3 nitrogen and oxygen atoms in total. The van der Waals surface area contributed by atoms with Gasteiger partial charge in [-0.2, -0.15) is 0 Å². The predicted octanol–water partition coefficient (Wildman–Crippen LogP) is 0.473. The van der Waals surface area contributed by atoms with Gasteiger partial charge in [-0.05, 0) is 25.7 Å². The maximum atomic E-state index is 9.13. The topological polar surface area (TPSA) is 35.5 Å². The normalized spacial score (nSPS) is 34.7. The smallest absolute Gasteiger partial charge is 0.0471 e. The molecule has 2 unspecified atom stereocenters. The van der Waals surface area contributed by atoms with Crippen LogP contribution in [0.5, 0.6) is 0 Å². The summed E-state index contributed by atoms with van der Waals surface area (Å²) in [6.07, 6.45) is 2.45. The van der Waals surface area contributed by atoms with Gasteiger partial charge >= 0.3 is 0 Å². The summed E-state index contributed by atoms with van der Waals surface area (Å²) in [4.78, 5) is 2.57. The second-order valence-electron chi connectivity index (χ2n) is 4.48. The van der Waals surface area contributed by atoms with E-state index < -0.39 is 0 Å². The fourth-order valence-electron chi connectivity index (χ4n) is 2.38. The van der Waals surface area contributed by atoms with E-state index in [1.54, 1.807) is 0 Å². The summed E-state index contributed by atoms with van der Waals surface area (Å²) >= 11 is 0. The van der Waals surface area contributed by atoms with Crippen molar-refractivity contribution in [3.05, 3.63) is 0 Å². The molecule has 2 fully saturated rings. The van der Waals surface area contributed by atoms with E-state index in [1.807, 2.05) is 0 Å². The molecule has 14 heavy (non-hydrogen) atoms. The van der Waals surface area contributed by atoms with Crippen LogP contribution >= 0.6 is 12.4 Å². The Morgan fingerprint density at radius 1 is 1.36 bits per heavy atom. The lowest BCUT2D eigenvalue weighted by Crippen LogP contribution is -2.61. The molecule has 2 saturated heterocycles.